The monoisotopic (exact) mass is 455 g/mol. The van der Waals surface area contributed by atoms with Gasteiger partial charge in [0, 0.05) is 23.9 Å². The van der Waals surface area contributed by atoms with Gasteiger partial charge in [0.1, 0.15) is 11.4 Å². The average Bonchev–Trinajstić information content (AvgIpc) is 3.25. The van der Waals surface area contributed by atoms with Gasteiger partial charge in [-0.2, -0.15) is 0 Å². The first-order chi connectivity index (χ1) is 16.7. The fourth-order valence-electron chi connectivity index (χ4n) is 4.34. The number of benzene rings is 1. The molecule has 0 radical (unpaired) electrons. The van der Waals surface area contributed by atoms with Crippen LogP contribution >= 0.6 is 0 Å². The summed E-state index contributed by atoms with van der Waals surface area (Å²) in [5.74, 6) is 2.00. The van der Waals surface area contributed by atoms with Gasteiger partial charge in [-0.25, -0.2) is 15.0 Å². The molecule has 3 aromatic heterocycles. The molecule has 3 heterocycles. The largest absolute Gasteiger partial charge is 0.489 e. The minimum atomic E-state index is 0.295. The van der Waals surface area contributed by atoms with Crippen molar-refractivity contribution in [2.24, 2.45) is 0 Å². The van der Waals surface area contributed by atoms with Crippen molar-refractivity contribution in [1.29, 1.82) is 0 Å². The molecule has 0 spiro atoms. The van der Waals surface area contributed by atoms with E-state index < -0.39 is 0 Å². The highest BCUT2D eigenvalue weighted by Crippen LogP contribution is 2.28. The summed E-state index contributed by atoms with van der Waals surface area (Å²) in [6.45, 7) is 4.42. The van der Waals surface area contributed by atoms with Crippen LogP contribution in [-0.4, -0.2) is 26.2 Å². The van der Waals surface area contributed by atoms with Gasteiger partial charge in [0.05, 0.1) is 23.7 Å². The lowest BCUT2D eigenvalue weighted by molar-refractivity contribution is 0.154. The molecule has 7 heteroatoms. The van der Waals surface area contributed by atoms with E-state index in [0.717, 1.165) is 52.4 Å². The van der Waals surface area contributed by atoms with Crippen molar-refractivity contribution in [2.45, 2.75) is 58.6 Å². The Hall–Kier alpha value is -3.74. The number of aromatic nitrogens is 4. The van der Waals surface area contributed by atoms with Crippen LogP contribution in [0.3, 0.4) is 0 Å². The third kappa shape index (κ3) is 4.93. The number of anilines is 1. The summed E-state index contributed by atoms with van der Waals surface area (Å²) in [6.07, 6.45) is 9.92. The lowest BCUT2D eigenvalue weighted by Gasteiger charge is -2.22. The zero-order valence-electron chi connectivity index (χ0n) is 19.6. The molecule has 0 aliphatic heterocycles. The molecule has 174 valence electrons. The Bertz CT molecular complexity index is 1230. The standard InChI is InChI=1S/C27H29N5O2/c1-18-15-29-27(31-25(18)20-9-5-3-6-10-20)30-17-23-19(2)32-34-26(23)24-14-13-22(16-28-24)33-21-11-7-4-8-12-21/h3,5-6,9-10,13-16,21H,4,7-8,11-12,17H2,1-2H3,(H,29,30,31). The van der Waals surface area contributed by atoms with E-state index in [1.165, 1.54) is 19.3 Å². The lowest BCUT2D eigenvalue weighted by Crippen LogP contribution is -2.19. The molecule has 5 rings (SSSR count). The van der Waals surface area contributed by atoms with E-state index in [2.05, 4.69) is 32.6 Å². The highest BCUT2D eigenvalue weighted by Gasteiger charge is 2.18. The Morgan fingerprint density at radius 3 is 2.56 bits per heavy atom. The van der Waals surface area contributed by atoms with Gasteiger partial charge in [0.2, 0.25) is 5.95 Å². The highest BCUT2D eigenvalue weighted by atomic mass is 16.5. The van der Waals surface area contributed by atoms with E-state index in [0.29, 0.717) is 24.4 Å². The van der Waals surface area contributed by atoms with Crippen LogP contribution in [0.4, 0.5) is 5.95 Å². The third-order valence-corrected chi connectivity index (χ3v) is 6.25. The van der Waals surface area contributed by atoms with E-state index >= 15 is 0 Å². The molecule has 0 amide bonds. The van der Waals surface area contributed by atoms with Gasteiger partial charge in [-0.05, 0) is 57.2 Å². The number of rotatable bonds is 7. The molecule has 1 saturated carbocycles. The first kappa shape index (κ1) is 22.1. The van der Waals surface area contributed by atoms with Gasteiger partial charge in [-0.3, -0.25) is 0 Å². The second-order valence-corrected chi connectivity index (χ2v) is 8.78. The molecule has 1 aliphatic carbocycles. The quantitative estimate of drug-likeness (QED) is 0.358. The van der Waals surface area contributed by atoms with Crippen LogP contribution in [0, 0.1) is 13.8 Å². The summed E-state index contributed by atoms with van der Waals surface area (Å²) >= 11 is 0. The molecule has 34 heavy (non-hydrogen) atoms. The van der Waals surface area contributed by atoms with Gasteiger partial charge in [-0.1, -0.05) is 41.9 Å². The van der Waals surface area contributed by atoms with E-state index in [-0.39, 0.29) is 0 Å². The molecule has 1 aromatic carbocycles. The number of aryl methyl sites for hydroxylation is 2. The van der Waals surface area contributed by atoms with Crippen molar-refractivity contribution < 1.29 is 9.26 Å². The number of ether oxygens (including phenoxy) is 1. The second kappa shape index (κ2) is 10.0. The zero-order valence-corrected chi connectivity index (χ0v) is 19.6. The molecule has 0 bridgehead atoms. The van der Waals surface area contributed by atoms with Crippen molar-refractivity contribution in [3.05, 3.63) is 71.7 Å². The summed E-state index contributed by atoms with van der Waals surface area (Å²) in [5, 5.41) is 7.50. The smallest absolute Gasteiger partial charge is 0.223 e. The predicted octanol–water partition coefficient (Wildman–Crippen LogP) is 6.13. The molecule has 1 fully saturated rings. The van der Waals surface area contributed by atoms with Gasteiger partial charge in [0.15, 0.2) is 5.76 Å². The molecule has 4 aromatic rings. The van der Waals surface area contributed by atoms with Crippen LogP contribution in [0.5, 0.6) is 5.75 Å². The van der Waals surface area contributed by atoms with Gasteiger partial charge in [-0.15, -0.1) is 0 Å². The van der Waals surface area contributed by atoms with Crippen LogP contribution in [0.15, 0.2) is 59.4 Å². The van der Waals surface area contributed by atoms with Crippen LogP contribution < -0.4 is 10.1 Å². The van der Waals surface area contributed by atoms with E-state index in [1.54, 1.807) is 6.20 Å². The number of hydrogen-bond donors (Lipinski definition) is 1. The SMILES string of the molecule is Cc1cnc(NCc2c(C)noc2-c2ccc(OC3CCCCC3)cn2)nc1-c1ccccc1. The molecule has 0 saturated heterocycles. The Balaban J connectivity index is 1.31. The minimum absolute atomic E-state index is 0.295. The molecular formula is C27H29N5O2. The second-order valence-electron chi connectivity index (χ2n) is 8.78. The van der Waals surface area contributed by atoms with E-state index in [4.69, 9.17) is 14.2 Å². The summed E-state index contributed by atoms with van der Waals surface area (Å²) in [5.41, 5.74) is 5.46. The molecule has 1 N–H and O–H groups in total. The Morgan fingerprint density at radius 1 is 0.971 bits per heavy atom. The van der Waals surface area contributed by atoms with Crippen molar-refractivity contribution in [2.75, 3.05) is 5.32 Å². The normalized spacial score (nSPS) is 14.2. The number of nitrogens with zero attached hydrogens (tertiary/aromatic N) is 4. The van der Waals surface area contributed by atoms with Crippen molar-refractivity contribution in [3.63, 3.8) is 0 Å². The van der Waals surface area contributed by atoms with Crippen molar-refractivity contribution >= 4 is 5.95 Å². The molecule has 0 atom stereocenters. The van der Waals surface area contributed by atoms with Crippen LogP contribution in [0.2, 0.25) is 0 Å². The van der Waals surface area contributed by atoms with Gasteiger partial charge in [0.25, 0.3) is 0 Å². The van der Waals surface area contributed by atoms with Crippen molar-refractivity contribution in [3.8, 4) is 28.5 Å². The average molecular weight is 456 g/mol. The van der Waals surface area contributed by atoms with E-state index in [9.17, 15) is 0 Å². The lowest BCUT2D eigenvalue weighted by atomic mass is 9.98. The fourth-order valence-corrected chi connectivity index (χ4v) is 4.34. The zero-order chi connectivity index (χ0) is 23.3. The number of pyridine rings is 1. The summed E-state index contributed by atoms with van der Waals surface area (Å²) in [7, 11) is 0. The Kier molecular flexibility index (Phi) is 6.51. The summed E-state index contributed by atoms with van der Waals surface area (Å²) < 4.78 is 11.7. The Morgan fingerprint density at radius 2 is 1.79 bits per heavy atom. The maximum Gasteiger partial charge on any atom is 0.223 e. The molecule has 0 unspecified atom stereocenters. The molecule has 1 aliphatic rings. The van der Waals surface area contributed by atoms with Crippen LogP contribution in [-0.2, 0) is 6.54 Å². The maximum atomic E-state index is 6.11. The van der Waals surface area contributed by atoms with Crippen LogP contribution in [0.25, 0.3) is 22.7 Å². The summed E-state index contributed by atoms with van der Waals surface area (Å²) in [4.78, 5) is 13.8. The highest BCUT2D eigenvalue weighted by molar-refractivity contribution is 5.64. The first-order valence-electron chi connectivity index (χ1n) is 11.9. The van der Waals surface area contributed by atoms with Crippen LogP contribution in [0.1, 0.15) is 48.9 Å². The third-order valence-electron chi connectivity index (χ3n) is 6.25. The van der Waals surface area contributed by atoms with Crippen molar-refractivity contribution in [1.82, 2.24) is 20.1 Å². The first-order valence-corrected chi connectivity index (χ1v) is 11.9. The maximum absolute atomic E-state index is 6.11. The minimum Gasteiger partial charge on any atom is -0.489 e. The van der Waals surface area contributed by atoms with E-state index in [1.807, 2.05) is 50.4 Å². The predicted molar refractivity (Wildman–Crippen MR) is 132 cm³/mol. The number of nitrogens with one attached hydrogen (secondary N) is 1. The number of hydrogen-bond acceptors (Lipinski definition) is 7. The topological polar surface area (TPSA) is 86.0 Å². The van der Waals surface area contributed by atoms with Gasteiger partial charge < -0.3 is 14.6 Å². The molecular weight excluding hydrogens is 426 g/mol. The molecule has 7 nitrogen and oxygen atoms in total. The fraction of sp³-hybridized carbons (Fsp3) is 0.333. The summed E-state index contributed by atoms with van der Waals surface area (Å²) in [6, 6.07) is 14.0. The Labute approximate surface area is 199 Å². The van der Waals surface area contributed by atoms with Gasteiger partial charge >= 0.3 is 0 Å².